The molecule has 0 spiro atoms. The molecule has 0 aromatic carbocycles. The summed E-state index contributed by atoms with van der Waals surface area (Å²) in [5.74, 6) is 0.135. The monoisotopic (exact) mass is 299 g/mol. The van der Waals surface area contributed by atoms with Gasteiger partial charge in [-0.1, -0.05) is 13.8 Å². The van der Waals surface area contributed by atoms with Crippen LogP contribution in [0.1, 0.15) is 36.1 Å². The molecule has 1 aromatic heterocycles. The van der Waals surface area contributed by atoms with Crippen LogP contribution in [0.25, 0.3) is 0 Å². The van der Waals surface area contributed by atoms with Gasteiger partial charge in [0, 0.05) is 17.5 Å². The van der Waals surface area contributed by atoms with Crippen molar-refractivity contribution in [3.8, 4) is 0 Å². The number of carbonyl (C=O) groups is 1. The van der Waals surface area contributed by atoms with E-state index in [0.717, 1.165) is 16.6 Å². The Morgan fingerprint density at radius 3 is 2.60 bits per heavy atom. The van der Waals surface area contributed by atoms with Gasteiger partial charge < -0.3 is 15.0 Å². The minimum atomic E-state index is -0.344. The molecule has 5 nitrogen and oxygen atoms in total. The van der Waals surface area contributed by atoms with Crippen LogP contribution in [0.5, 0.6) is 0 Å². The van der Waals surface area contributed by atoms with Crippen LogP contribution in [0.3, 0.4) is 0 Å². The van der Waals surface area contributed by atoms with Crippen molar-refractivity contribution in [2.45, 2.75) is 33.7 Å². The average molecular weight is 299 g/mol. The first kappa shape index (κ1) is 16.9. The highest BCUT2D eigenvalue weighted by atomic mass is 32.1. The zero-order valence-electron chi connectivity index (χ0n) is 13.2. The van der Waals surface area contributed by atoms with Gasteiger partial charge in [0.1, 0.15) is 0 Å². The lowest BCUT2D eigenvalue weighted by atomic mass is 10.0. The Balaban J connectivity index is 2.81. The molecule has 0 aliphatic heterocycles. The molecule has 0 aliphatic carbocycles. The predicted molar refractivity (Wildman–Crippen MR) is 83.6 cm³/mol. The number of rotatable bonds is 7. The third-order valence-electron chi connectivity index (χ3n) is 2.94. The zero-order valence-corrected chi connectivity index (χ0v) is 14.0. The number of esters is 1. The van der Waals surface area contributed by atoms with Gasteiger partial charge in [-0.3, -0.25) is 0 Å². The van der Waals surface area contributed by atoms with E-state index < -0.39 is 0 Å². The maximum atomic E-state index is 11.8. The van der Waals surface area contributed by atoms with Gasteiger partial charge in [0.15, 0.2) is 10.8 Å². The Labute approximate surface area is 125 Å². The van der Waals surface area contributed by atoms with E-state index in [9.17, 15) is 4.79 Å². The number of hydrogen-bond donors (Lipinski definition) is 1. The third kappa shape index (κ3) is 4.76. The van der Waals surface area contributed by atoms with Crippen LogP contribution in [-0.4, -0.2) is 49.1 Å². The fraction of sp³-hybridized carbons (Fsp3) is 0.714. The number of carbonyl (C=O) groups excluding carboxylic acids is 1. The van der Waals surface area contributed by atoms with Crippen LogP contribution < -0.4 is 5.32 Å². The number of hydrogen-bond acceptors (Lipinski definition) is 6. The quantitative estimate of drug-likeness (QED) is 0.784. The average Bonchev–Trinajstić information content (AvgIpc) is 2.69. The Morgan fingerprint density at radius 1 is 1.45 bits per heavy atom. The summed E-state index contributed by atoms with van der Waals surface area (Å²) in [5, 5.41) is 4.21. The summed E-state index contributed by atoms with van der Waals surface area (Å²) >= 11 is 1.50. The van der Waals surface area contributed by atoms with Gasteiger partial charge in [-0.15, -0.1) is 11.3 Å². The van der Waals surface area contributed by atoms with E-state index in [1.807, 2.05) is 21.0 Å². The van der Waals surface area contributed by atoms with Crippen molar-refractivity contribution in [2.75, 3.05) is 32.6 Å². The molecular weight excluding hydrogens is 274 g/mol. The maximum Gasteiger partial charge on any atom is 0.358 e. The van der Waals surface area contributed by atoms with Crippen LogP contribution in [0, 0.1) is 12.8 Å². The van der Waals surface area contributed by atoms with Crippen LogP contribution in [0.15, 0.2) is 0 Å². The van der Waals surface area contributed by atoms with Crippen molar-refractivity contribution in [2.24, 2.45) is 5.92 Å². The molecule has 0 fully saturated rings. The highest BCUT2D eigenvalue weighted by molar-refractivity contribution is 7.15. The van der Waals surface area contributed by atoms with E-state index in [1.54, 1.807) is 6.92 Å². The van der Waals surface area contributed by atoms with Gasteiger partial charge >= 0.3 is 5.97 Å². The molecule has 0 saturated carbocycles. The molecular formula is C14H25N3O2S. The molecule has 1 N–H and O–H groups in total. The Bertz CT molecular complexity index is 444. The first-order valence-electron chi connectivity index (χ1n) is 6.91. The molecule has 0 radical (unpaired) electrons. The number of likely N-dealkylation sites (N-methyl/N-ethyl adjacent to an activating group) is 1. The molecule has 0 amide bonds. The molecule has 6 heteroatoms. The van der Waals surface area contributed by atoms with E-state index in [-0.39, 0.29) is 5.97 Å². The fourth-order valence-electron chi connectivity index (χ4n) is 1.82. The van der Waals surface area contributed by atoms with Crippen molar-refractivity contribution in [3.05, 3.63) is 10.6 Å². The van der Waals surface area contributed by atoms with Crippen LogP contribution in [-0.2, 0) is 4.74 Å². The second-order valence-electron chi connectivity index (χ2n) is 5.40. The lowest BCUT2D eigenvalue weighted by Crippen LogP contribution is -2.36. The van der Waals surface area contributed by atoms with E-state index in [4.69, 9.17) is 4.74 Å². The molecule has 0 saturated heterocycles. The SMILES string of the molecule is CCOC(=O)c1nc(NC(CN(C)C)C(C)C)sc1C. The van der Waals surface area contributed by atoms with Crippen molar-refractivity contribution in [1.29, 1.82) is 0 Å². The van der Waals surface area contributed by atoms with Gasteiger partial charge in [-0.05, 0) is 33.9 Å². The summed E-state index contributed by atoms with van der Waals surface area (Å²) in [5.41, 5.74) is 0.423. The summed E-state index contributed by atoms with van der Waals surface area (Å²) in [6.45, 7) is 9.33. The molecule has 1 atom stereocenters. The van der Waals surface area contributed by atoms with Gasteiger partial charge in [-0.25, -0.2) is 9.78 Å². The topological polar surface area (TPSA) is 54.5 Å². The number of anilines is 1. The molecule has 0 bridgehead atoms. The van der Waals surface area contributed by atoms with Crippen LogP contribution >= 0.6 is 11.3 Å². The van der Waals surface area contributed by atoms with E-state index in [1.165, 1.54) is 11.3 Å². The summed E-state index contributed by atoms with van der Waals surface area (Å²) in [6.07, 6.45) is 0. The van der Waals surface area contributed by atoms with Crippen molar-refractivity contribution >= 4 is 22.4 Å². The number of ether oxygens (including phenoxy) is 1. The minimum absolute atomic E-state index is 0.297. The van der Waals surface area contributed by atoms with E-state index in [2.05, 4.69) is 29.0 Å². The lowest BCUT2D eigenvalue weighted by Gasteiger charge is -2.25. The Hall–Kier alpha value is -1.14. The number of nitrogens with one attached hydrogen (secondary N) is 1. The van der Waals surface area contributed by atoms with Gasteiger partial charge in [0.25, 0.3) is 0 Å². The van der Waals surface area contributed by atoms with Gasteiger partial charge in [0.05, 0.1) is 6.61 Å². The molecule has 20 heavy (non-hydrogen) atoms. The minimum Gasteiger partial charge on any atom is -0.461 e. The number of thiazole rings is 1. The first-order chi connectivity index (χ1) is 9.35. The third-order valence-corrected chi connectivity index (χ3v) is 3.84. The Kier molecular flexibility index (Phi) is 6.42. The largest absolute Gasteiger partial charge is 0.461 e. The molecule has 1 aromatic rings. The predicted octanol–water partition coefficient (Wildman–Crippen LogP) is 2.63. The normalized spacial score (nSPS) is 12.8. The smallest absolute Gasteiger partial charge is 0.358 e. The van der Waals surface area contributed by atoms with E-state index in [0.29, 0.717) is 24.3 Å². The van der Waals surface area contributed by atoms with Crippen molar-refractivity contribution < 1.29 is 9.53 Å². The molecule has 1 unspecified atom stereocenters. The summed E-state index contributed by atoms with van der Waals surface area (Å²) in [4.78, 5) is 19.2. The molecule has 114 valence electrons. The van der Waals surface area contributed by atoms with Crippen LogP contribution in [0.4, 0.5) is 5.13 Å². The number of aromatic nitrogens is 1. The zero-order chi connectivity index (χ0) is 15.3. The maximum absolute atomic E-state index is 11.8. The van der Waals surface area contributed by atoms with Gasteiger partial charge in [0.2, 0.25) is 0 Å². The standard InChI is InChI=1S/C14H25N3O2S/c1-7-19-13(18)12-10(4)20-14(16-12)15-11(9(2)3)8-17(5)6/h9,11H,7-8H2,1-6H3,(H,15,16). The lowest BCUT2D eigenvalue weighted by molar-refractivity contribution is 0.0519. The molecule has 1 rings (SSSR count). The highest BCUT2D eigenvalue weighted by Gasteiger charge is 2.20. The summed E-state index contributed by atoms with van der Waals surface area (Å²) in [6, 6.07) is 0.297. The van der Waals surface area contributed by atoms with Gasteiger partial charge in [-0.2, -0.15) is 0 Å². The first-order valence-corrected chi connectivity index (χ1v) is 7.72. The van der Waals surface area contributed by atoms with Crippen LogP contribution in [0.2, 0.25) is 0 Å². The number of aryl methyl sites for hydroxylation is 1. The Morgan fingerprint density at radius 2 is 2.10 bits per heavy atom. The van der Waals surface area contributed by atoms with Crippen molar-refractivity contribution in [1.82, 2.24) is 9.88 Å². The van der Waals surface area contributed by atoms with E-state index >= 15 is 0 Å². The second kappa shape index (κ2) is 7.59. The molecule has 1 heterocycles. The molecule has 0 aliphatic rings. The van der Waals surface area contributed by atoms with Crippen molar-refractivity contribution in [3.63, 3.8) is 0 Å². The number of nitrogens with zero attached hydrogens (tertiary/aromatic N) is 2. The second-order valence-corrected chi connectivity index (χ2v) is 6.60. The highest BCUT2D eigenvalue weighted by Crippen LogP contribution is 2.24. The summed E-state index contributed by atoms with van der Waals surface area (Å²) in [7, 11) is 4.10. The fourth-order valence-corrected chi connectivity index (χ4v) is 2.69. The summed E-state index contributed by atoms with van der Waals surface area (Å²) < 4.78 is 5.01.